The molecule has 3 nitrogen and oxygen atoms in total. The van der Waals surface area contributed by atoms with Gasteiger partial charge in [-0.2, -0.15) is 0 Å². The number of rotatable bonds is 3. The summed E-state index contributed by atoms with van der Waals surface area (Å²) in [5.74, 6) is 2.66. The molecule has 0 saturated heterocycles. The summed E-state index contributed by atoms with van der Waals surface area (Å²) in [5, 5.41) is 3.72. The molecule has 20 heavy (non-hydrogen) atoms. The molecule has 0 spiro atoms. The van der Waals surface area contributed by atoms with E-state index in [9.17, 15) is 0 Å². The quantitative estimate of drug-likeness (QED) is 0.863. The van der Waals surface area contributed by atoms with Crippen LogP contribution in [0, 0.1) is 18.8 Å². The van der Waals surface area contributed by atoms with Crippen molar-refractivity contribution in [3.63, 3.8) is 0 Å². The zero-order valence-electron chi connectivity index (χ0n) is 12.7. The molecule has 108 valence electrons. The van der Waals surface area contributed by atoms with Crippen molar-refractivity contribution in [2.75, 3.05) is 5.32 Å². The van der Waals surface area contributed by atoms with Crippen LogP contribution in [0.3, 0.4) is 0 Å². The molecule has 1 aromatic heterocycles. The molecule has 1 aliphatic rings. The lowest BCUT2D eigenvalue weighted by atomic mass is 9.79. The number of aromatic amines is 1. The highest BCUT2D eigenvalue weighted by molar-refractivity contribution is 5.79. The third-order valence-electron chi connectivity index (χ3n) is 4.63. The van der Waals surface area contributed by atoms with E-state index in [0.29, 0.717) is 6.04 Å². The predicted octanol–water partition coefficient (Wildman–Crippen LogP) is 4.50. The van der Waals surface area contributed by atoms with Crippen LogP contribution in [0.5, 0.6) is 0 Å². The van der Waals surface area contributed by atoms with E-state index < -0.39 is 0 Å². The summed E-state index contributed by atoms with van der Waals surface area (Å²) in [7, 11) is 0. The number of nitrogens with one attached hydrogen (secondary N) is 2. The van der Waals surface area contributed by atoms with Gasteiger partial charge in [0.05, 0.1) is 11.0 Å². The van der Waals surface area contributed by atoms with E-state index in [4.69, 9.17) is 0 Å². The van der Waals surface area contributed by atoms with Crippen LogP contribution in [0.25, 0.3) is 11.0 Å². The molecule has 0 bridgehead atoms. The second kappa shape index (κ2) is 5.47. The maximum atomic E-state index is 4.45. The Bertz CT molecular complexity index is 585. The Morgan fingerprint density at radius 1 is 1.30 bits per heavy atom. The van der Waals surface area contributed by atoms with Crippen LogP contribution in [0.4, 0.5) is 5.69 Å². The molecule has 0 aliphatic heterocycles. The molecule has 2 N–H and O–H groups in total. The van der Waals surface area contributed by atoms with Gasteiger partial charge < -0.3 is 10.3 Å². The lowest BCUT2D eigenvalue weighted by molar-refractivity contribution is 0.264. The minimum atomic E-state index is 0.623. The average Bonchev–Trinajstić information content (AvgIpc) is 2.78. The first-order valence-electron chi connectivity index (χ1n) is 7.84. The van der Waals surface area contributed by atoms with E-state index in [1.54, 1.807) is 0 Å². The molecule has 2 unspecified atom stereocenters. The Labute approximate surface area is 121 Å². The van der Waals surface area contributed by atoms with Crippen molar-refractivity contribution in [1.82, 2.24) is 9.97 Å². The van der Waals surface area contributed by atoms with E-state index in [-0.39, 0.29) is 0 Å². The van der Waals surface area contributed by atoms with Crippen LogP contribution in [-0.2, 0) is 0 Å². The molecular weight excluding hydrogens is 246 g/mol. The number of H-pyrrole nitrogens is 1. The van der Waals surface area contributed by atoms with Gasteiger partial charge in [-0.1, -0.05) is 26.7 Å². The first kappa shape index (κ1) is 13.5. The van der Waals surface area contributed by atoms with Crippen LogP contribution < -0.4 is 5.32 Å². The smallest absolute Gasteiger partial charge is 0.104 e. The Morgan fingerprint density at radius 3 is 2.95 bits per heavy atom. The molecule has 1 aliphatic carbocycles. The van der Waals surface area contributed by atoms with Gasteiger partial charge in [0, 0.05) is 11.7 Å². The highest BCUT2D eigenvalue weighted by Crippen LogP contribution is 2.31. The number of nitrogens with zero attached hydrogens (tertiary/aromatic N) is 1. The van der Waals surface area contributed by atoms with Crippen molar-refractivity contribution in [2.45, 2.75) is 52.5 Å². The summed E-state index contributed by atoms with van der Waals surface area (Å²) in [6.07, 6.45) is 5.35. The van der Waals surface area contributed by atoms with Gasteiger partial charge in [-0.3, -0.25) is 0 Å². The summed E-state index contributed by atoms with van der Waals surface area (Å²) in [6.45, 7) is 6.71. The topological polar surface area (TPSA) is 40.7 Å². The van der Waals surface area contributed by atoms with E-state index in [1.807, 2.05) is 6.92 Å². The van der Waals surface area contributed by atoms with Crippen LogP contribution >= 0.6 is 0 Å². The molecule has 1 fully saturated rings. The number of fused-ring (bicyclic) bond motifs is 1. The second-order valence-electron chi connectivity index (χ2n) is 6.57. The van der Waals surface area contributed by atoms with E-state index in [2.05, 4.69) is 47.3 Å². The van der Waals surface area contributed by atoms with Crippen molar-refractivity contribution in [3.05, 3.63) is 24.0 Å². The first-order chi connectivity index (χ1) is 9.61. The van der Waals surface area contributed by atoms with Gasteiger partial charge in [-0.15, -0.1) is 0 Å². The van der Waals surface area contributed by atoms with Crippen LogP contribution in [0.15, 0.2) is 18.2 Å². The first-order valence-corrected chi connectivity index (χ1v) is 7.84. The van der Waals surface area contributed by atoms with E-state index in [1.165, 1.54) is 31.4 Å². The Morgan fingerprint density at radius 2 is 2.15 bits per heavy atom. The molecule has 1 aromatic carbocycles. The van der Waals surface area contributed by atoms with Gasteiger partial charge in [0.25, 0.3) is 0 Å². The standard InChI is InChI=1S/C17H25N3/c1-11(2)13-5-4-6-14(9-13)20-15-7-8-16-17(10-15)19-12(3)18-16/h7-8,10-11,13-14,20H,4-6,9H2,1-3H3,(H,18,19). The predicted molar refractivity (Wildman–Crippen MR) is 85.0 cm³/mol. The highest BCUT2D eigenvalue weighted by atomic mass is 14.9. The van der Waals surface area contributed by atoms with Gasteiger partial charge in [0.2, 0.25) is 0 Å². The summed E-state index contributed by atoms with van der Waals surface area (Å²) in [5.41, 5.74) is 3.40. The van der Waals surface area contributed by atoms with Crippen molar-refractivity contribution < 1.29 is 0 Å². The summed E-state index contributed by atoms with van der Waals surface area (Å²) in [6, 6.07) is 7.07. The fourth-order valence-electron chi connectivity index (χ4n) is 3.43. The van der Waals surface area contributed by atoms with Gasteiger partial charge in [-0.05, 0) is 49.8 Å². The molecule has 2 atom stereocenters. The van der Waals surface area contributed by atoms with Gasteiger partial charge in [-0.25, -0.2) is 4.98 Å². The lowest BCUT2D eigenvalue weighted by Gasteiger charge is -2.32. The molecule has 2 aromatic rings. The third kappa shape index (κ3) is 2.82. The number of aryl methyl sites for hydroxylation is 1. The van der Waals surface area contributed by atoms with Gasteiger partial charge in [0.15, 0.2) is 0 Å². The molecule has 3 heteroatoms. The minimum absolute atomic E-state index is 0.623. The third-order valence-corrected chi connectivity index (χ3v) is 4.63. The number of anilines is 1. The number of benzene rings is 1. The van der Waals surface area contributed by atoms with Crippen molar-refractivity contribution in [2.24, 2.45) is 11.8 Å². The zero-order chi connectivity index (χ0) is 14.1. The number of hydrogen-bond acceptors (Lipinski definition) is 2. The van der Waals surface area contributed by atoms with Crippen LogP contribution in [0.1, 0.15) is 45.4 Å². The normalized spacial score (nSPS) is 23.4. The summed E-state index contributed by atoms with van der Waals surface area (Å²) in [4.78, 5) is 7.76. The maximum Gasteiger partial charge on any atom is 0.104 e. The van der Waals surface area contributed by atoms with Gasteiger partial charge in [0.1, 0.15) is 5.82 Å². The Hall–Kier alpha value is -1.51. The number of imidazole rings is 1. The molecular formula is C17H25N3. The number of aromatic nitrogens is 2. The lowest BCUT2D eigenvalue weighted by Crippen LogP contribution is -2.29. The summed E-state index contributed by atoms with van der Waals surface area (Å²) < 4.78 is 0. The van der Waals surface area contributed by atoms with Crippen molar-refractivity contribution >= 4 is 16.7 Å². The molecule has 0 radical (unpaired) electrons. The fraction of sp³-hybridized carbons (Fsp3) is 0.588. The molecule has 1 saturated carbocycles. The minimum Gasteiger partial charge on any atom is -0.382 e. The zero-order valence-corrected chi connectivity index (χ0v) is 12.7. The largest absolute Gasteiger partial charge is 0.382 e. The van der Waals surface area contributed by atoms with Crippen LogP contribution in [0.2, 0.25) is 0 Å². The molecule has 3 rings (SSSR count). The Balaban J connectivity index is 1.72. The van der Waals surface area contributed by atoms with Crippen LogP contribution in [-0.4, -0.2) is 16.0 Å². The molecule has 0 amide bonds. The molecule has 1 heterocycles. The van der Waals surface area contributed by atoms with E-state index in [0.717, 1.165) is 28.7 Å². The summed E-state index contributed by atoms with van der Waals surface area (Å²) >= 11 is 0. The SMILES string of the molecule is Cc1nc2ccc(NC3CCCC(C(C)C)C3)cc2[nH]1. The Kier molecular flexibility index (Phi) is 3.68. The van der Waals surface area contributed by atoms with E-state index >= 15 is 0 Å². The van der Waals surface area contributed by atoms with Gasteiger partial charge >= 0.3 is 0 Å². The van der Waals surface area contributed by atoms with Crippen molar-refractivity contribution in [1.29, 1.82) is 0 Å². The second-order valence-corrected chi connectivity index (χ2v) is 6.57. The highest BCUT2D eigenvalue weighted by Gasteiger charge is 2.23. The maximum absolute atomic E-state index is 4.45. The number of hydrogen-bond donors (Lipinski definition) is 2. The monoisotopic (exact) mass is 271 g/mol. The average molecular weight is 271 g/mol. The fourth-order valence-corrected chi connectivity index (χ4v) is 3.43. The van der Waals surface area contributed by atoms with Crippen molar-refractivity contribution in [3.8, 4) is 0 Å².